The van der Waals surface area contributed by atoms with E-state index < -0.39 is 16.8 Å². The summed E-state index contributed by atoms with van der Waals surface area (Å²) in [6.45, 7) is 0.779. The molecule has 10 heteroatoms. The summed E-state index contributed by atoms with van der Waals surface area (Å²) < 4.78 is 0. The molecule has 0 amide bonds. The van der Waals surface area contributed by atoms with E-state index in [-0.39, 0.29) is 17.3 Å². The van der Waals surface area contributed by atoms with E-state index in [0.717, 1.165) is 5.69 Å². The lowest BCUT2D eigenvalue weighted by atomic mass is 9.97. The highest BCUT2D eigenvalue weighted by atomic mass is 16.6. The van der Waals surface area contributed by atoms with E-state index in [4.69, 9.17) is 5.11 Å². The zero-order valence-electron chi connectivity index (χ0n) is 13.8. The van der Waals surface area contributed by atoms with Gasteiger partial charge in [0.15, 0.2) is 0 Å². The van der Waals surface area contributed by atoms with Crippen molar-refractivity contribution >= 4 is 29.0 Å². The van der Waals surface area contributed by atoms with E-state index in [1.54, 1.807) is 17.0 Å². The number of nitrogens with zero attached hydrogens (tertiary/aromatic N) is 4. The Bertz CT molecular complexity index is 793. The highest BCUT2D eigenvalue weighted by Crippen LogP contribution is 2.34. The van der Waals surface area contributed by atoms with Crippen molar-refractivity contribution in [3.8, 4) is 0 Å². The number of rotatable bonds is 6. The number of hydrazine groups is 1. The van der Waals surface area contributed by atoms with Crippen LogP contribution in [0.4, 0.5) is 23.0 Å². The topological polar surface area (TPSA) is 134 Å². The lowest BCUT2D eigenvalue weighted by molar-refractivity contribution is -0.383. The fourth-order valence-electron chi connectivity index (χ4n) is 2.85. The fraction of sp³-hybridized carbons (Fsp3) is 0.312. The van der Waals surface area contributed by atoms with Gasteiger partial charge in [-0.3, -0.25) is 25.8 Å². The van der Waals surface area contributed by atoms with Crippen molar-refractivity contribution in [1.82, 2.24) is 9.97 Å². The summed E-state index contributed by atoms with van der Waals surface area (Å²) in [6.07, 6.45) is 2.09. The van der Waals surface area contributed by atoms with Gasteiger partial charge >= 0.3 is 11.7 Å². The number of hydrogen-bond acceptors (Lipinski definition) is 8. The summed E-state index contributed by atoms with van der Waals surface area (Å²) in [5.41, 5.74) is 6.10. The molecule has 2 aromatic rings. The van der Waals surface area contributed by atoms with Crippen LogP contribution in [0, 0.1) is 16.0 Å². The molecule has 0 saturated carbocycles. The smallest absolute Gasteiger partial charge is 0.355 e. The normalized spacial score (nSPS) is 14.7. The van der Waals surface area contributed by atoms with E-state index in [1.165, 1.54) is 6.33 Å². The van der Waals surface area contributed by atoms with Gasteiger partial charge in [0.1, 0.15) is 6.33 Å². The van der Waals surface area contributed by atoms with Crippen LogP contribution in [-0.2, 0) is 4.79 Å². The second kappa shape index (κ2) is 7.64. The van der Waals surface area contributed by atoms with Gasteiger partial charge in [-0.05, 0) is 25.0 Å². The number of aliphatic carboxylic acids is 1. The molecule has 1 aliphatic heterocycles. The van der Waals surface area contributed by atoms with Gasteiger partial charge in [0.25, 0.3) is 0 Å². The monoisotopic (exact) mass is 358 g/mol. The number of carboxylic acids is 1. The van der Waals surface area contributed by atoms with E-state index in [9.17, 15) is 14.9 Å². The number of carboxylic acid groups (broad SMARTS) is 1. The Morgan fingerprint density at radius 1 is 1.19 bits per heavy atom. The molecule has 0 aliphatic carbocycles. The average molecular weight is 358 g/mol. The summed E-state index contributed by atoms with van der Waals surface area (Å²) in [4.78, 5) is 31.9. The van der Waals surface area contributed by atoms with Crippen molar-refractivity contribution in [3.05, 3.63) is 46.8 Å². The molecule has 1 fully saturated rings. The number of benzene rings is 1. The van der Waals surface area contributed by atoms with Crippen molar-refractivity contribution in [2.24, 2.45) is 5.92 Å². The molecule has 136 valence electrons. The molecular weight excluding hydrogens is 340 g/mol. The van der Waals surface area contributed by atoms with Crippen molar-refractivity contribution < 1.29 is 14.8 Å². The lowest BCUT2D eigenvalue weighted by Crippen LogP contribution is -2.37. The molecule has 2 heterocycles. The lowest BCUT2D eigenvalue weighted by Gasteiger charge is -2.30. The second-order valence-electron chi connectivity index (χ2n) is 5.87. The SMILES string of the molecule is O=C(O)C1CCN(c2ncnc(NNc3ccccc3)c2[N+](=O)[O-])CC1. The van der Waals surface area contributed by atoms with Gasteiger partial charge in [0, 0.05) is 13.1 Å². The van der Waals surface area contributed by atoms with Crippen molar-refractivity contribution in [1.29, 1.82) is 0 Å². The van der Waals surface area contributed by atoms with Crippen LogP contribution in [0.3, 0.4) is 0 Å². The number of para-hydroxylation sites is 1. The molecular formula is C16H18N6O4. The number of piperidine rings is 1. The second-order valence-corrected chi connectivity index (χ2v) is 5.87. The van der Waals surface area contributed by atoms with Crippen molar-refractivity contribution in [2.75, 3.05) is 28.8 Å². The molecule has 0 unspecified atom stereocenters. The molecule has 0 spiro atoms. The minimum Gasteiger partial charge on any atom is -0.481 e. The van der Waals surface area contributed by atoms with Gasteiger partial charge in [-0.1, -0.05) is 18.2 Å². The number of nitrogens with one attached hydrogen (secondary N) is 2. The maximum Gasteiger partial charge on any atom is 0.355 e. The Balaban J connectivity index is 1.80. The van der Waals surface area contributed by atoms with Crippen LogP contribution >= 0.6 is 0 Å². The molecule has 10 nitrogen and oxygen atoms in total. The number of aromatic nitrogens is 2. The van der Waals surface area contributed by atoms with E-state index in [0.29, 0.717) is 25.9 Å². The summed E-state index contributed by atoms with van der Waals surface area (Å²) in [5.74, 6) is -1.03. The average Bonchev–Trinajstić information content (AvgIpc) is 2.66. The first-order chi connectivity index (χ1) is 12.6. The minimum atomic E-state index is -0.837. The standard InChI is InChI=1S/C16H18N6O4/c23-16(24)11-6-8-21(9-7-11)15-13(22(25)26)14(17-10-18-15)20-19-12-4-2-1-3-5-12/h1-5,10-11,19H,6-9H2,(H,23,24)(H,17,18,20). The summed E-state index contributed by atoms with van der Waals surface area (Å²) in [5, 5.41) is 20.7. The number of nitro groups is 1. The van der Waals surface area contributed by atoms with Gasteiger partial charge < -0.3 is 10.0 Å². The van der Waals surface area contributed by atoms with Crippen LogP contribution < -0.4 is 15.8 Å². The first kappa shape index (κ1) is 17.4. The van der Waals surface area contributed by atoms with E-state index >= 15 is 0 Å². The quantitative estimate of drug-likeness (QED) is 0.524. The number of hydrogen-bond donors (Lipinski definition) is 3. The maximum atomic E-state index is 11.6. The van der Waals surface area contributed by atoms with E-state index in [2.05, 4.69) is 20.8 Å². The predicted octanol–water partition coefficient (Wildman–Crippen LogP) is 2.12. The van der Waals surface area contributed by atoms with Crippen LogP contribution in [0.15, 0.2) is 36.7 Å². The Labute approximate surface area is 149 Å². The third kappa shape index (κ3) is 3.79. The molecule has 26 heavy (non-hydrogen) atoms. The molecule has 1 aliphatic rings. The predicted molar refractivity (Wildman–Crippen MR) is 94.9 cm³/mol. The van der Waals surface area contributed by atoms with Crippen molar-refractivity contribution in [3.63, 3.8) is 0 Å². The number of anilines is 3. The van der Waals surface area contributed by atoms with Gasteiger partial charge in [-0.2, -0.15) is 0 Å². The number of carbonyl (C=O) groups is 1. The molecule has 3 N–H and O–H groups in total. The molecule has 1 aromatic heterocycles. The Kier molecular flexibility index (Phi) is 5.11. The molecule has 0 bridgehead atoms. The minimum absolute atomic E-state index is 0.0456. The fourth-order valence-corrected chi connectivity index (χ4v) is 2.85. The van der Waals surface area contributed by atoms with Gasteiger partial charge in [0.05, 0.1) is 16.5 Å². The molecule has 1 aromatic carbocycles. The maximum absolute atomic E-state index is 11.6. The van der Waals surface area contributed by atoms with Crippen LogP contribution in [-0.4, -0.2) is 39.1 Å². The van der Waals surface area contributed by atoms with Crippen LogP contribution in [0.5, 0.6) is 0 Å². The summed E-state index contributed by atoms with van der Waals surface area (Å²) in [6, 6.07) is 9.12. The molecule has 1 saturated heterocycles. The van der Waals surface area contributed by atoms with Gasteiger partial charge in [-0.15, -0.1) is 0 Å². The molecule has 3 rings (SSSR count). The van der Waals surface area contributed by atoms with E-state index in [1.807, 2.05) is 18.2 Å². The van der Waals surface area contributed by atoms with Gasteiger partial charge in [0.2, 0.25) is 11.6 Å². The Morgan fingerprint density at radius 2 is 1.88 bits per heavy atom. The zero-order valence-corrected chi connectivity index (χ0v) is 13.8. The Morgan fingerprint density at radius 3 is 2.50 bits per heavy atom. The largest absolute Gasteiger partial charge is 0.481 e. The third-order valence-electron chi connectivity index (χ3n) is 4.23. The summed E-state index contributed by atoms with van der Waals surface area (Å²) >= 11 is 0. The highest BCUT2D eigenvalue weighted by molar-refractivity contribution is 5.73. The highest BCUT2D eigenvalue weighted by Gasteiger charge is 2.31. The first-order valence-electron chi connectivity index (χ1n) is 8.10. The molecule has 0 atom stereocenters. The van der Waals surface area contributed by atoms with Crippen LogP contribution in [0.1, 0.15) is 12.8 Å². The van der Waals surface area contributed by atoms with Crippen LogP contribution in [0.25, 0.3) is 0 Å². The van der Waals surface area contributed by atoms with Crippen LogP contribution in [0.2, 0.25) is 0 Å². The molecule has 0 radical (unpaired) electrons. The zero-order chi connectivity index (χ0) is 18.5. The first-order valence-corrected chi connectivity index (χ1v) is 8.10. The van der Waals surface area contributed by atoms with Crippen molar-refractivity contribution in [2.45, 2.75) is 12.8 Å². The Hall–Kier alpha value is -3.43. The third-order valence-corrected chi connectivity index (χ3v) is 4.23. The van der Waals surface area contributed by atoms with Gasteiger partial charge in [-0.25, -0.2) is 9.97 Å². The summed E-state index contributed by atoms with van der Waals surface area (Å²) in [7, 11) is 0.